The van der Waals surface area contributed by atoms with E-state index in [2.05, 4.69) is 35.3 Å². The number of nitriles is 1. The fourth-order valence-electron chi connectivity index (χ4n) is 2.95. The van der Waals surface area contributed by atoms with Gasteiger partial charge >= 0.3 is 0 Å². The molecule has 2 N–H and O–H groups in total. The second-order valence-corrected chi connectivity index (χ2v) is 5.81. The van der Waals surface area contributed by atoms with Crippen LogP contribution in [0.25, 0.3) is 0 Å². The third-order valence-electron chi connectivity index (χ3n) is 4.32. The Bertz CT molecular complexity index is 499. The first-order valence-electron chi connectivity index (χ1n) is 7.82. The number of nitrogens with zero attached hydrogens (tertiary/aromatic N) is 2. The van der Waals surface area contributed by atoms with E-state index in [4.69, 9.17) is 0 Å². The zero-order valence-corrected chi connectivity index (χ0v) is 13.0. The van der Waals surface area contributed by atoms with Crippen LogP contribution in [0, 0.1) is 17.2 Å². The first kappa shape index (κ1) is 15.8. The molecule has 1 aromatic rings. The Labute approximate surface area is 127 Å². The molecule has 1 unspecified atom stereocenters. The predicted molar refractivity (Wildman–Crippen MR) is 85.2 cm³/mol. The minimum atomic E-state index is -0.231. The lowest BCUT2D eigenvalue weighted by molar-refractivity contribution is 0.110. The van der Waals surface area contributed by atoms with Crippen LogP contribution in [0.2, 0.25) is 0 Å². The molecule has 4 heteroatoms. The molecule has 0 radical (unpaired) electrons. The first-order valence-corrected chi connectivity index (χ1v) is 7.82. The van der Waals surface area contributed by atoms with Crippen molar-refractivity contribution in [2.45, 2.75) is 39.3 Å². The third-order valence-corrected chi connectivity index (χ3v) is 4.32. The van der Waals surface area contributed by atoms with E-state index in [1.807, 2.05) is 13.0 Å². The molecule has 1 aromatic carbocycles. The van der Waals surface area contributed by atoms with Gasteiger partial charge in [0.2, 0.25) is 0 Å². The van der Waals surface area contributed by atoms with E-state index in [-0.39, 0.29) is 6.10 Å². The predicted octanol–water partition coefficient (Wildman–Crippen LogP) is 2.26. The highest BCUT2D eigenvalue weighted by atomic mass is 16.3. The summed E-state index contributed by atoms with van der Waals surface area (Å²) in [6.07, 6.45) is 1.74. The Balaban J connectivity index is 2.08. The molecule has 2 rings (SSSR count). The van der Waals surface area contributed by atoms with Crippen molar-refractivity contribution in [2.75, 3.05) is 24.5 Å². The molecule has 0 saturated carbocycles. The Hall–Kier alpha value is -1.57. The van der Waals surface area contributed by atoms with Crippen LogP contribution in [-0.4, -0.2) is 30.8 Å². The van der Waals surface area contributed by atoms with Crippen LogP contribution in [0.15, 0.2) is 18.2 Å². The lowest BCUT2D eigenvalue weighted by atomic mass is 9.91. The highest BCUT2D eigenvalue weighted by molar-refractivity contribution is 5.60. The number of hydrogen-bond acceptors (Lipinski definition) is 4. The van der Waals surface area contributed by atoms with Gasteiger partial charge in [-0.3, -0.25) is 0 Å². The van der Waals surface area contributed by atoms with E-state index in [1.165, 1.54) is 0 Å². The highest BCUT2D eigenvalue weighted by Gasteiger charge is 2.24. The molecule has 1 fully saturated rings. The summed E-state index contributed by atoms with van der Waals surface area (Å²) in [5.41, 5.74) is 2.93. The number of benzene rings is 1. The smallest absolute Gasteiger partial charge is 0.101 e. The summed E-state index contributed by atoms with van der Waals surface area (Å²) in [7, 11) is 0. The summed E-state index contributed by atoms with van der Waals surface area (Å²) in [5.74, 6) is 0.389. The minimum Gasteiger partial charge on any atom is -0.393 e. The normalized spacial score (nSPS) is 17.5. The fourth-order valence-corrected chi connectivity index (χ4v) is 2.95. The van der Waals surface area contributed by atoms with Crippen molar-refractivity contribution in [1.29, 1.82) is 5.26 Å². The summed E-state index contributed by atoms with van der Waals surface area (Å²) in [5, 5.41) is 22.4. The number of hydrogen-bond donors (Lipinski definition) is 2. The van der Waals surface area contributed by atoms with Crippen LogP contribution >= 0.6 is 0 Å². The van der Waals surface area contributed by atoms with Crippen LogP contribution in [0.3, 0.4) is 0 Å². The van der Waals surface area contributed by atoms with Crippen LogP contribution in [0.1, 0.15) is 37.8 Å². The Morgan fingerprint density at radius 2 is 2.14 bits per heavy atom. The van der Waals surface area contributed by atoms with Crippen LogP contribution < -0.4 is 10.2 Å². The van der Waals surface area contributed by atoms with Gasteiger partial charge in [0.1, 0.15) is 6.07 Å². The number of rotatable bonds is 5. The second-order valence-electron chi connectivity index (χ2n) is 5.81. The van der Waals surface area contributed by atoms with Crippen LogP contribution in [0.4, 0.5) is 5.69 Å². The highest BCUT2D eigenvalue weighted by Crippen LogP contribution is 2.28. The van der Waals surface area contributed by atoms with E-state index in [0.29, 0.717) is 5.92 Å². The molecule has 4 nitrogen and oxygen atoms in total. The molecule has 1 aliphatic heterocycles. The van der Waals surface area contributed by atoms with Gasteiger partial charge in [-0.1, -0.05) is 13.0 Å². The average Bonchev–Trinajstić information content (AvgIpc) is 2.52. The lowest BCUT2D eigenvalue weighted by Gasteiger charge is -2.35. The Morgan fingerprint density at radius 3 is 2.71 bits per heavy atom. The maximum atomic E-state index is 9.68. The molecule has 1 saturated heterocycles. The molecule has 0 bridgehead atoms. The first-order chi connectivity index (χ1) is 10.2. The number of aliphatic hydroxyl groups is 1. The van der Waals surface area contributed by atoms with Crippen molar-refractivity contribution < 1.29 is 5.11 Å². The molecule has 21 heavy (non-hydrogen) atoms. The van der Waals surface area contributed by atoms with Crippen molar-refractivity contribution >= 4 is 5.69 Å². The molecule has 0 amide bonds. The zero-order chi connectivity index (χ0) is 15.2. The maximum absolute atomic E-state index is 9.68. The van der Waals surface area contributed by atoms with Crippen molar-refractivity contribution in [2.24, 2.45) is 5.92 Å². The van der Waals surface area contributed by atoms with Crippen molar-refractivity contribution in [3.05, 3.63) is 29.3 Å². The molecular formula is C17H25N3O. The van der Waals surface area contributed by atoms with Crippen molar-refractivity contribution in [3.8, 4) is 6.07 Å². The van der Waals surface area contributed by atoms with Gasteiger partial charge in [-0.25, -0.2) is 0 Å². The largest absolute Gasteiger partial charge is 0.393 e. The minimum absolute atomic E-state index is 0.231. The third kappa shape index (κ3) is 3.96. The van der Waals surface area contributed by atoms with Crippen molar-refractivity contribution in [3.63, 3.8) is 0 Å². The summed E-state index contributed by atoms with van der Waals surface area (Å²) in [6, 6.07) is 8.47. The van der Waals surface area contributed by atoms with E-state index in [1.54, 1.807) is 0 Å². The van der Waals surface area contributed by atoms with E-state index in [0.717, 1.165) is 55.8 Å². The molecule has 114 valence electrons. The van der Waals surface area contributed by atoms with E-state index < -0.39 is 0 Å². The Kier molecular flexibility index (Phi) is 5.60. The molecule has 0 spiro atoms. The molecule has 1 atom stereocenters. The number of piperidine rings is 1. The van der Waals surface area contributed by atoms with Gasteiger partial charge < -0.3 is 15.3 Å². The summed E-state index contributed by atoms with van der Waals surface area (Å²) in [6.45, 7) is 7.50. The van der Waals surface area contributed by atoms with Gasteiger partial charge in [-0.15, -0.1) is 0 Å². The topological polar surface area (TPSA) is 59.3 Å². The molecule has 0 aliphatic carbocycles. The van der Waals surface area contributed by atoms with E-state index in [9.17, 15) is 10.4 Å². The van der Waals surface area contributed by atoms with Gasteiger partial charge in [0.15, 0.2) is 0 Å². The van der Waals surface area contributed by atoms with Gasteiger partial charge in [-0.05, 0) is 49.9 Å². The maximum Gasteiger partial charge on any atom is 0.101 e. The average molecular weight is 287 g/mol. The summed E-state index contributed by atoms with van der Waals surface area (Å²) < 4.78 is 0. The van der Waals surface area contributed by atoms with E-state index >= 15 is 0 Å². The van der Waals surface area contributed by atoms with Gasteiger partial charge in [0.25, 0.3) is 0 Å². The number of aliphatic hydroxyl groups excluding tert-OH is 1. The van der Waals surface area contributed by atoms with Crippen molar-refractivity contribution in [1.82, 2.24) is 5.32 Å². The number of anilines is 1. The summed E-state index contributed by atoms with van der Waals surface area (Å²) >= 11 is 0. The Morgan fingerprint density at radius 1 is 1.43 bits per heavy atom. The van der Waals surface area contributed by atoms with Gasteiger partial charge in [-0.2, -0.15) is 5.26 Å². The molecule has 0 aromatic heterocycles. The SMILES string of the molecule is CCNCc1ccc(N2CCC(C(C)O)CC2)c(C#N)c1. The fraction of sp³-hybridized carbons (Fsp3) is 0.588. The second kappa shape index (κ2) is 7.44. The van der Waals surface area contributed by atoms with Crippen LogP contribution in [0.5, 0.6) is 0 Å². The molecule has 1 heterocycles. The standard InChI is InChI=1S/C17H25N3O/c1-3-19-12-14-4-5-17(16(10-14)11-18)20-8-6-15(7-9-20)13(2)21/h4-5,10,13,15,19,21H,3,6-9,12H2,1-2H3. The zero-order valence-electron chi connectivity index (χ0n) is 13.0. The van der Waals surface area contributed by atoms with Crippen LogP contribution in [-0.2, 0) is 6.54 Å². The lowest BCUT2D eigenvalue weighted by Crippen LogP contribution is -2.37. The molecule has 1 aliphatic rings. The number of nitrogens with one attached hydrogen (secondary N) is 1. The summed E-state index contributed by atoms with van der Waals surface area (Å²) in [4.78, 5) is 2.27. The van der Waals surface area contributed by atoms with Gasteiger partial charge in [0.05, 0.1) is 17.4 Å². The van der Waals surface area contributed by atoms with Gasteiger partial charge in [0, 0.05) is 19.6 Å². The molecular weight excluding hydrogens is 262 g/mol. The quantitative estimate of drug-likeness (QED) is 0.872. The monoisotopic (exact) mass is 287 g/mol.